The number of para-hydroxylation sites is 1. The van der Waals surface area contributed by atoms with Crippen molar-refractivity contribution in [1.29, 1.82) is 0 Å². The van der Waals surface area contributed by atoms with E-state index in [0.717, 1.165) is 28.1 Å². The van der Waals surface area contributed by atoms with Gasteiger partial charge in [-0.25, -0.2) is 0 Å². The molecule has 3 aromatic rings. The molecule has 0 aliphatic carbocycles. The largest absolute Gasteiger partial charge is 0.496 e. The lowest BCUT2D eigenvalue weighted by molar-refractivity contribution is -0.116. The van der Waals surface area contributed by atoms with Crippen molar-refractivity contribution >= 4 is 12.0 Å². The van der Waals surface area contributed by atoms with Crippen LogP contribution < -0.4 is 10.1 Å². The van der Waals surface area contributed by atoms with Gasteiger partial charge in [-0.15, -0.1) is 0 Å². The molecule has 0 atom stereocenters. The molecule has 0 saturated heterocycles. The molecule has 0 bridgehead atoms. The summed E-state index contributed by atoms with van der Waals surface area (Å²) in [6.07, 6.45) is 5.28. The van der Waals surface area contributed by atoms with Crippen molar-refractivity contribution in [3.63, 3.8) is 0 Å². The van der Waals surface area contributed by atoms with Crippen LogP contribution in [0, 0.1) is 0 Å². The van der Waals surface area contributed by atoms with Crippen molar-refractivity contribution in [2.24, 2.45) is 0 Å². The zero-order valence-electron chi connectivity index (χ0n) is 15.6. The number of hydrogen-bond donors (Lipinski definition) is 1. The number of methoxy groups -OCH3 is 1. The van der Waals surface area contributed by atoms with E-state index in [1.54, 1.807) is 13.2 Å². The number of aromatic nitrogens is 2. The predicted octanol–water partition coefficient (Wildman–Crippen LogP) is 3.76. The Balaban J connectivity index is 2.00. The summed E-state index contributed by atoms with van der Waals surface area (Å²) in [5, 5.41) is 7.53. The Morgan fingerprint density at radius 3 is 2.63 bits per heavy atom. The summed E-state index contributed by atoms with van der Waals surface area (Å²) < 4.78 is 7.38. The van der Waals surface area contributed by atoms with Crippen molar-refractivity contribution in [2.45, 2.75) is 13.5 Å². The molecule has 1 amide bonds. The van der Waals surface area contributed by atoms with Gasteiger partial charge >= 0.3 is 0 Å². The minimum atomic E-state index is -0.126. The third-order valence-electron chi connectivity index (χ3n) is 4.10. The average Bonchev–Trinajstić information content (AvgIpc) is 3.09. The summed E-state index contributed by atoms with van der Waals surface area (Å²) in [7, 11) is 1.64. The molecule has 3 rings (SSSR count). The maximum Gasteiger partial charge on any atom is 0.243 e. The van der Waals surface area contributed by atoms with E-state index >= 15 is 0 Å². The topological polar surface area (TPSA) is 56.2 Å². The van der Waals surface area contributed by atoms with E-state index in [1.165, 1.54) is 6.08 Å². The van der Waals surface area contributed by atoms with Crippen LogP contribution in [0.1, 0.15) is 18.1 Å². The number of carbonyl (C=O) groups is 1. The van der Waals surface area contributed by atoms with E-state index in [0.29, 0.717) is 13.1 Å². The highest BCUT2D eigenvalue weighted by Gasteiger charge is 2.14. The van der Waals surface area contributed by atoms with Gasteiger partial charge in [0.25, 0.3) is 0 Å². The SMILES string of the molecule is CCNC(=O)C=Cc1cn(Cc2ccccc2)nc1-c1ccccc1OC. The Morgan fingerprint density at radius 1 is 1.15 bits per heavy atom. The third-order valence-corrected chi connectivity index (χ3v) is 4.10. The molecular weight excluding hydrogens is 338 g/mol. The summed E-state index contributed by atoms with van der Waals surface area (Å²) in [4.78, 5) is 11.8. The molecule has 5 heteroatoms. The zero-order chi connectivity index (χ0) is 19.1. The second kappa shape index (κ2) is 8.85. The summed E-state index contributed by atoms with van der Waals surface area (Å²) in [6.45, 7) is 3.14. The molecule has 138 valence electrons. The molecule has 1 heterocycles. The Hall–Kier alpha value is -3.34. The van der Waals surface area contributed by atoms with Crippen LogP contribution in [0.15, 0.2) is 66.9 Å². The number of likely N-dealkylation sites (N-methyl/N-ethyl adjacent to an activating group) is 1. The summed E-state index contributed by atoms with van der Waals surface area (Å²) in [6, 6.07) is 17.9. The van der Waals surface area contributed by atoms with Crippen LogP contribution in [-0.4, -0.2) is 29.3 Å². The van der Waals surface area contributed by atoms with Crippen LogP contribution in [0.25, 0.3) is 17.3 Å². The fourth-order valence-electron chi connectivity index (χ4n) is 2.86. The number of rotatable bonds is 7. The lowest BCUT2D eigenvalue weighted by atomic mass is 10.1. The Labute approximate surface area is 159 Å². The molecule has 27 heavy (non-hydrogen) atoms. The van der Waals surface area contributed by atoms with Gasteiger partial charge in [-0.2, -0.15) is 5.10 Å². The second-order valence-electron chi connectivity index (χ2n) is 6.04. The number of hydrogen-bond acceptors (Lipinski definition) is 3. The normalized spacial score (nSPS) is 10.9. The number of amides is 1. The lowest BCUT2D eigenvalue weighted by Crippen LogP contribution is -2.19. The fraction of sp³-hybridized carbons (Fsp3) is 0.182. The van der Waals surface area contributed by atoms with Crippen LogP contribution >= 0.6 is 0 Å². The zero-order valence-corrected chi connectivity index (χ0v) is 15.6. The molecule has 2 aromatic carbocycles. The van der Waals surface area contributed by atoms with E-state index in [9.17, 15) is 4.79 Å². The van der Waals surface area contributed by atoms with Gasteiger partial charge in [0.15, 0.2) is 0 Å². The highest BCUT2D eigenvalue weighted by atomic mass is 16.5. The van der Waals surface area contributed by atoms with Crippen molar-refractivity contribution in [2.75, 3.05) is 13.7 Å². The van der Waals surface area contributed by atoms with Crippen molar-refractivity contribution < 1.29 is 9.53 Å². The Kier molecular flexibility index (Phi) is 6.05. The number of nitrogens with one attached hydrogen (secondary N) is 1. The predicted molar refractivity (Wildman–Crippen MR) is 107 cm³/mol. The van der Waals surface area contributed by atoms with Crippen LogP contribution in [0.2, 0.25) is 0 Å². The van der Waals surface area contributed by atoms with Crippen molar-refractivity contribution in [3.05, 3.63) is 78.0 Å². The van der Waals surface area contributed by atoms with Gasteiger partial charge in [-0.1, -0.05) is 42.5 Å². The molecule has 5 nitrogen and oxygen atoms in total. The molecular formula is C22H23N3O2. The highest BCUT2D eigenvalue weighted by molar-refractivity contribution is 5.93. The van der Waals surface area contributed by atoms with E-state index in [4.69, 9.17) is 9.84 Å². The Bertz CT molecular complexity index is 930. The maximum atomic E-state index is 11.8. The van der Waals surface area contributed by atoms with Crippen molar-refractivity contribution in [1.82, 2.24) is 15.1 Å². The Morgan fingerprint density at radius 2 is 1.89 bits per heavy atom. The number of benzene rings is 2. The van der Waals surface area contributed by atoms with Gasteiger partial charge < -0.3 is 10.1 Å². The third kappa shape index (κ3) is 4.64. The summed E-state index contributed by atoms with van der Waals surface area (Å²) in [5.74, 6) is 0.620. The smallest absolute Gasteiger partial charge is 0.243 e. The van der Waals surface area contributed by atoms with E-state index in [-0.39, 0.29) is 5.91 Å². The van der Waals surface area contributed by atoms with Crippen LogP contribution in [0.5, 0.6) is 5.75 Å². The van der Waals surface area contributed by atoms with Gasteiger partial charge in [0.05, 0.1) is 13.7 Å². The molecule has 0 fully saturated rings. The first-order chi connectivity index (χ1) is 13.2. The van der Waals surface area contributed by atoms with Crippen LogP contribution in [0.3, 0.4) is 0 Å². The quantitative estimate of drug-likeness (QED) is 0.652. The molecule has 0 spiro atoms. The van der Waals surface area contributed by atoms with Crippen LogP contribution in [0.4, 0.5) is 0 Å². The minimum Gasteiger partial charge on any atom is -0.496 e. The highest BCUT2D eigenvalue weighted by Crippen LogP contribution is 2.31. The molecule has 0 aliphatic rings. The standard InChI is InChI=1S/C22H23N3O2/c1-3-23-21(26)14-13-18-16-25(15-17-9-5-4-6-10-17)24-22(18)19-11-7-8-12-20(19)27-2/h4-14,16H,3,15H2,1-2H3,(H,23,26). The fourth-order valence-corrected chi connectivity index (χ4v) is 2.86. The molecule has 0 saturated carbocycles. The number of ether oxygens (including phenoxy) is 1. The van der Waals surface area contributed by atoms with E-state index in [2.05, 4.69) is 17.4 Å². The molecule has 1 aromatic heterocycles. The monoisotopic (exact) mass is 361 g/mol. The first kappa shape index (κ1) is 18.5. The van der Waals surface area contributed by atoms with Gasteiger partial charge in [0.1, 0.15) is 11.4 Å². The van der Waals surface area contributed by atoms with E-state index in [1.807, 2.05) is 60.3 Å². The molecule has 1 N–H and O–H groups in total. The van der Waals surface area contributed by atoms with Crippen LogP contribution in [-0.2, 0) is 11.3 Å². The van der Waals surface area contributed by atoms with Gasteiger partial charge in [-0.05, 0) is 30.7 Å². The van der Waals surface area contributed by atoms with Gasteiger partial charge in [-0.3, -0.25) is 9.48 Å². The molecule has 0 aliphatic heterocycles. The molecule has 0 unspecified atom stereocenters. The van der Waals surface area contributed by atoms with E-state index < -0.39 is 0 Å². The lowest BCUT2D eigenvalue weighted by Gasteiger charge is -2.06. The number of carbonyl (C=O) groups excluding carboxylic acids is 1. The number of nitrogens with zero attached hydrogens (tertiary/aromatic N) is 2. The first-order valence-electron chi connectivity index (χ1n) is 8.92. The van der Waals surface area contributed by atoms with Crippen molar-refractivity contribution in [3.8, 4) is 17.0 Å². The maximum absolute atomic E-state index is 11.8. The van der Waals surface area contributed by atoms with Gasteiger partial charge in [0.2, 0.25) is 5.91 Å². The summed E-state index contributed by atoms with van der Waals surface area (Å²) >= 11 is 0. The summed E-state index contributed by atoms with van der Waals surface area (Å²) in [5.41, 5.74) is 3.69. The average molecular weight is 361 g/mol. The minimum absolute atomic E-state index is 0.126. The molecule has 0 radical (unpaired) electrons. The second-order valence-corrected chi connectivity index (χ2v) is 6.04. The van der Waals surface area contributed by atoms with Gasteiger partial charge in [0, 0.05) is 29.9 Å². The first-order valence-corrected chi connectivity index (χ1v) is 8.92.